The zero-order valence-electron chi connectivity index (χ0n) is 15.3. The van der Waals surface area contributed by atoms with Crippen molar-refractivity contribution in [3.05, 3.63) is 65.2 Å². The number of amides is 2. The Hall–Kier alpha value is -2.82. The number of carbonyl (C=O) groups excluding carboxylic acids is 2. The molecular weight excluding hydrogens is 328 g/mol. The van der Waals surface area contributed by atoms with Gasteiger partial charge in [0.2, 0.25) is 5.91 Å². The second-order valence-corrected chi connectivity index (χ2v) is 6.60. The lowest BCUT2D eigenvalue weighted by Crippen LogP contribution is -2.50. The lowest BCUT2D eigenvalue weighted by atomic mass is 10.1. The zero-order valence-corrected chi connectivity index (χ0v) is 15.3. The standard InChI is InChI=1S/C21H24N2O3/c1-16-5-3-6-18(13-16)15-26-20-8-4-7-19(14-20)21(25)23-11-9-22(10-12-23)17(2)24/h3-8,13-14H,9-12,15H2,1-2H3. The van der Waals surface area contributed by atoms with E-state index in [0.29, 0.717) is 44.1 Å². The first-order chi connectivity index (χ1) is 12.5. The fraction of sp³-hybridized carbons (Fsp3) is 0.333. The molecule has 0 aromatic heterocycles. The molecule has 1 heterocycles. The average molecular weight is 352 g/mol. The van der Waals surface area contributed by atoms with Crippen LogP contribution in [0.2, 0.25) is 0 Å². The second-order valence-electron chi connectivity index (χ2n) is 6.60. The average Bonchev–Trinajstić information content (AvgIpc) is 2.66. The summed E-state index contributed by atoms with van der Waals surface area (Å²) in [6.07, 6.45) is 0. The van der Waals surface area contributed by atoms with Gasteiger partial charge in [-0.05, 0) is 30.7 Å². The number of ether oxygens (including phenoxy) is 1. The summed E-state index contributed by atoms with van der Waals surface area (Å²) in [5.41, 5.74) is 2.91. The van der Waals surface area contributed by atoms with Gasteiger partial charge in [-0.2, -0.15) is 0 Å². The van der Waals surface area contributed by atoms with E-state index in [1.807, 2.05) is 24.3 Å². The van der Waals surface area contributed by atoms with Gasteiger partial charge in [-0.3, -0.25) is 9.59 Å². The molecule has 5 nitrogen and oxygen atoms in total. The van der Waals surface area contributed by atoms with Crippen LogP contribution in [0.15, 0.2) is 48.5 Å². The molecule has 1 aliphatic heterocycles. The first-order valence-corrected chi connectivity index (χ1v) is 8.86. The lowest BCUT2D eigenvalue weighted by molar-refractivity contribution is -0.130. The molecule has 0 atom stereocenters. The molecule has 0 unspecified atom stereocenters. The Kier molecular flexibility index (Phi) is 5.56. The number of aryl methyl sites for hydroxylation is 1. The molecule has 3 rings (SSSR count). The summed E-state index contributed by atoms with van der Waals surface area (Å²) >= 11 is 0. The SMILES string of the molecule is CC(=O)N1CCN(C(=O)c2cccc(OCc3cccc(C)c3)c2)CC1. The molecule has 0 spiro atoms. The maximum atomic E-state index is 12.7. The number of hydrogen-bond acceptors (Lipinski definition) is 3. The fourth-order valence-electron chi connectivity index (χ4n) is 3.09. The van der Waals surface area contributed by atoms with Crippen molar-refractivity contribution in [3.63, 3.8) is 0 Å². The first-order valence-electron chi connectivity index (χ1n) is 8.86. The van der Waals surface area contributed by atoms with Crippen molar-refractivity contribution in [2.45, 2.75) is 20.5 Å². The predicted molar refractivity (Wildman–Crippen MR) is 100 cm³/mol. The summed E-state index contributed by atoms with van der Waals surface area (Å²) in [5, 5.41) is 0. The molecule has 2 aromatic carbocycles. The van der Waals surface area contributed by atoms with Crippen LogP contribution in [0.4, 0.5) is 0 Å². The fourth-order valence-corrected chi connectivity index (χ4v) is 3.09. The number of rotatable bonds is 4. The van der Waals surface area contributed by atoms with Crippen molar-refractivity contribution in [1.82, 2.24) is 9.80 Å². The highest BCUT2D eigenvalue weighted by atomic mass is 16.5. The number of nitrogens with zero attached hydrogens (tertiary/aromatic N) is 2. The van der Waals surface area contributed by atoms with Crippen LogP contribution < -0.4 is 4.74 Å². The summed E-state index contributed by atoms with van der Waals surface area (Å²) < 4.78 is 5.85. The molecule has 136 valence electrons. The number of benzene rings is 2. The third-order valence-corrected chi connectivity index (χ3v) is 4.58. The van der Waals surface area contributed by atoms with E-state index in [1.54, 1.807) is 28.9 Å². The number of hydrogen-bond donors (Lipinski definition) is 0. The minimum atomic E-state index is -0.0193. The Morgan fingerprint density at radius 2 is 1.65 bits per heavy atom. The Morgan fingerprint density at radius 1 is 0.962 bits per heavy atom. The van der Waals surface area contributed by atoms with Gasteiger partial charge in [-0.25, -0.2) is 0 Å². The van der Waals surface area contributed by atoms with E-state index in [9.17, 15) is 9.59 Å². The van der Waals surface area contributed by atoms with E-state index in [0.717, 1.165) is 5.56 Å². The van der Waals surface area contributed by atoms with E-state index in [4.69, 9.17) is 4.74 Å². The van der Waals surface area contributed by atoms with Crippen LogP contribution in [0.25, 0.3) is 0 Å². The molecule has 26 heavy (non-hydrogen) atoms. The van der Waals surface area contributed by atoms with Gasteiger partial charge in [0.25, 0.3) is 5.91 Å². The van der Waals surface area contributed by atoms with Gasteiger partial charge in [-0.15, -0.1) is 0 Å². The van der Waals surface area contributed by atoms with E-state index in [-0.39, 0.29) is 11.8 Å². The van der Waals surface area contributed by atoms with Gasteiger partial charge in [0.1, 0.15) is 12.4 Å². The Morgan fingerprint density at radius 3 is 2.35 bits per heavy atom. The van der Waals surface area contributed by atoms with Crippen molar-refractivity contribution < 1.29 is 14.3 Å². The molecule has 1 fully saturated rings. The zero-order chi connectivity index (χ0) is 18.5. The molecule has 1 aliphatic rings. The smallest absolute Gasteiger partial charge is 0.254 e. The molecule has 5 heteroatoms. The molecule has 0 saturated carbocycles. The predicted octanol–water partition coefficient (Wildman–Crippen LogP) is 2.88. The van der Waals surface area contributed by atoms with Crippen LogP contribution in [0.1, 0.15) is 28.4 Å². The molecule has 0 N–H and O–H groups in total. The van der Waals surface area contributed by atoms with Gasteiger partial charge in [-0.1, -0.05) is 35.9 Å². The summed E-state index contributed by atoms with van der Waals surface area (Å²) in [6, 6.07) is 15.5. The van der Waals surface area contributed by atoms with Crippen LogP contribution in [-0.4, -0.2) is 47.8 Å². The quantitative estimate of drug-likeness (QED) is 0.850. The van der Waals surface area contributed by atoms with E-state index in [2.05, 4.69) is 19.1 Å². The minimum Gasteiger partial charge on any atom is -0.489 e. The van der Waals surface area contributed by atoms with E-state index >= 15 is 0 Å². The minimum absolute atomic E-state index is 0.0193. The largest absolute Gasteiger partial charge is 0.489 e. The maximum absolute atomic E-state index is 12.7. The van der Waals surface area contributed by atoms with Gasteiger partial charge in [0, 0.05) is 38.7 Å². The topological polar surface area (TPSA) is 49.9 Å². The third kappa shape index (κ3) is 4.42. The van der Waals surface area contributed by atoms with Crippen LogP contribution in [0.3, 0.4) is 0 Å². The number of piperazine rings is 1. The second kappa shape index (κ2) is 8.04. The lowest BCUT2D eigenvalue weighted by Gasteiger charge is -2.34. The molecule has 1 saturated heterocycles. The molecular formula is C21H24N2O3. The molecule has 0 radical (unpaired) electrons. The van der Waals surface area contributed by atoms with Crippen LogP contribution in [0, 0.1) is 6.92 Å². The summed E-state index contributed by atoms with van der Waals surface area (Å²) in [7, 11) is 0. The van der Waals surface area contributed by atoms with Crippen LogP contribution >= 0.6 is 0 Å². The molecule has 0 aliphatic carbocycles. The van der Waals surface area contributed by atoms with Crippen molar-refractivity contribution >= 4 is 11.8 Å². The van der Waals surface area contributed by atoms with Crippen molar-refractivity contribution in [3.8, 4) is 5.75 Å². The van der Waals surface area contributed by atoms with Crippen LogP contribution in [-0.2, 0) is 11.4 Å². The van der Waals surface area contributed by atoms with Crippen LogP contribution in [0.5, 0.6) is 5.75 Å². The van der Waals surface area contributed by atoms with Gasteiger partial charge >= 0.3 is 0 Å². The van der Waals surface area contributed by atoms with E-state index in [1.165, 1.54) is 5.56 Å². The summed E-state index contributed by atoms with van der Waals surface area (Å²) in [6.45, 7) is 6.38. The highest BCUT2D eigenvalue weighted by Crippen LogP contribution is 2.18. The summed E-state index contributed by atoms with van der Waals surface area (Å²) in [4.78, 5) is 27.7. The van der Waals surface area contributed by atoms with Crippen molar-refractivity contribution in [2.75, 3.05) is 26.2 Å². The normalized spacial score (nSPS) is 14.2. The van der Waals surface area contributed by atoms with Crippen molar-refractivity contribution in [1.29, 1.82) is 0 Å². The Balaban J connectivity index is 1.61. The monoisotopic (exact) mass is 352 g/mol. The van der Waals surface area contributed by atoms with Gasteiger partial charge < -0.3 is 14.5 Å². The molecule has 0 bridgehead atoms. The van der Waals surface area contributed by atoms with E-state index < -0.39 is 0 Å². The highest BCUT2D eigenvalue weighted by Gasteiger charge is 2.23. The highest BCUT2D eigenvalue weighted by molar-refractivity contribution is 5.94. The maximum Gasteiger partial charge on any atom is 0.254 e. The first kappa shape index (κ1) is 18.0. The number of carbonyl (C=O) groups is 2. The molecule has 2 aromatic rings. The van der Waals surface area contributed by atoms with Crippen molar-refractivity contribution in [2.24, 2.45) is 0 Å². The Bertz CT molecular complexity index is 795. The van der Waals surface area contributed by atoms with Gasteiger partial charge in [0.15, 0.2) is 0 Å². The third-order valence-electron chi connectivity index (χ3n) is 4.58. The Labute approximate surface area is 154 Å². The van der Waals surface area contributed by atoms with Gasteiger partial charge in [0.05, 0.1) is 0 Å². The molecule has 2 amide bonds. The summed E-state index contributed by atoms with van der Waals surface area (Å²) in [5.74, 6) is 0.720.